The number of aryl methyl sites for hydroxylation is 1. The van der Waals surface area contributed by atoms with Crippen LogP contribution in [0.2, 0.25) is 0 Å². The Bertz CT molecular complexity index is 408. The van der Waals surface area contributed by atoms with Gasteiger partial charge in [-0.2, -0.15) is 5.10 Å². The summed E-state index contributed by atoms with van der Waals surface area (Å²) >= 11 is 0. The zero-order valence-corrected chi connectivity index (χ0v) is 8.46. The van der Waals surface area contributed by atoms with E-state index in [9.17, 15) is 5.11 Å². The minimum Gasteiger partial charge on any atom is -0.382 e. The van der Waals surface area contributed by atoms with E-state index in [1.54, 1.807) is 23.3 Å². The maximum absolute atomic E-state index is 10.0. The molecule has 2 aromatic rings. The van der Waals surface area contributed by atoms with Crippen LogP contribution in [0.3, 0.4) is 0 Å². The highest BCUT2D eigenvalue weighted by atomic mass is 16.3. The minimum atomic E-state index is -0.717. The van der Waals surface area contributed by atoms with Gasteiger partial charge < -0.3 is 5.11 Å². The van der Waals surface area contributed by atoms with Crippen molar-refractivity contribution in [2.75, 3.05) is 0 Å². The van der Waals surface area contributed by atoms with Crippen molar-refractivity contribution in [3.8, 4) is 0 Å². The Hall–Kier alpha value is -1.69. The Morgan fingerprint density at radius 3 is 3.07 bits per heavy atom. The SMILES string of the molecule is CCCn1nncc1C(O)c1cn[nH]c1. The molecule has 0 aliphatic rings. The summed E-state index contributed by atoms with van der Waals surface area (Å²) in [4.78, 5) is 0. The number of aliphatic hydroxyl groups excluding tert-OH is 1. The molecule has 0 bridgehead atoms. The molecular weight excluding hydrogens is 194 g/mol. The van der Waals surface area contributed by atoms with Gasteiger partial charge in [0.15, 0.2) is 0 Å². The molecule has 0 fully saturated rings. The summed E-state index contributed by atoms with van der Waals surface area (Å²) in [6, 6.07) is 0. The molecule has 0 spiro atoms. The summed E-state index contributed by atoms with van der Waals surface area (Å²) in [5, 5.41) is 24.2. The molecule has 1 atom stereocenters. The summed E-state index contributed by atoms with van der Waals surface area (Å²) in [5.74, 6) is 0. The lowest BCUT2D eigenvalue weighted by molar-refractivity contribution is 0.207. The third kappa shape index (κ3) is 1.89. The molecule has 0 aliphatic carbocycles. The van der Waals surface area contributed by atoms with Crippen LogP contribution < -0.4 is 0 Å². The largest absolute Gasteiger partial charge is 0.382 e. The third-order valence-corrected chi connectivity index (χ3v) is 2.20. The van der Waals surface area contributed by atoms with Gasteiger partial charge >= 0.3 is 0 Å². The number of rotatable bonds is 4. The number of hydrogen-bond donors (Lipinski definition) is 2. The van der Waals surface area contributed by atoms with Gasteiger partial charge in [0, 0.05) is 18.3 Å². The quantitative estimate of drug-likeness (QED) is 0.764. The first-order chi connectivity index (χ1) is 7.33. The summed E-state index contributed by atoms with van der Waals surface area (Å²) < 4.78 is 1.71. The van der Waals surface area contributed by atoms with E-state index < -0.39 is 6.10 Å². The molecule has 0 aliphatic heterocycles. The predicted molar refractivity (Wildman–Crippen MR) is 53.0 cm³/mol. The van der Waals surface area contributed by atoms with E-state index in [-0.39, 0.29) is 0 Å². The van der Waals surface area contributed by atoms with Gasteiger partial charge in [-0.25, -0.2) is 4.68 Å². The minimum absolute atomic E-state index is 0.693. The van der Waals surface area contributed by atoms with Crippen molar-refractivity contribution in [2.24, 2.45) is 0 Å². The topological polar surface area (TPSA) is 79.6 Å². The van der Waals surface area contributed by atoms with Gasteiger partial charge in [-0.3, -0.25) is 5.10 Å². The van der Waals surface area contributed by atoms with Gasteiger partial charge in [0.2, 0.25) is 0 Å². The van der Waals surface area contributed by atoms with Crippen LogP contribution in [0.25, 0.3) is 0 Å². The molecule has 15 heavy (non-hydrogen) atoms. The van der Waals surface area contributed by atoms with Gasteiger partial charge in [-0.15, -0.1) is 5.10 Å². The number of nitrogens with one attached hydrogen (secondary N) is 1. The fraction of sp³-hybridized carbons (Fsp3) is 0.444. The van der Waals surface area contributed by atoms with Crippen molar-refractivity contribution < 1.29 is 5.11 Å². The number of nitrogens with zero attached hydrogens (tertiary/aromatic N) is 4. The fourth-order valence-corrected chi connectivity index (χ4v) is 1.44. The molecule has 2 heterocycles. The third-order valence-electron chi connectivity index (χ3n) is 2.20. The number of aromatic amines is 1. The Balaban J connectivity index is 2.25. The number of H-pyrrole nitrogens is 1. The number of aromatic nitrogens is 5. The Labute approximate surface area is 86.9 Å². The highest BCUT2D eigenvalue weighted by Gasteiger charge is 2.16. The van der Waals surface area contributed by atoms with Crippen molar-refractivity contribution in [3.63, 3.8) is 0 Å². The highest BCUT2D eigenvalue weighted by molar-refractivity contribution is 5.18. The standard InChI is InChI=1S/C9H13N5O/c1-2-3-14-8(6-12-13-14)9(15)7-4-10-11-5-7/h4-6,9,15H,2-3H2,1H3,(H,10,11). The lowest BCUT2D eigenvalue weighted by Crippen LogP contribution is -2.09. The smallest absolute Gasteiger partial charge is 0.125 e. The second-order valence-electron chi connectivity index (χ2n) is 3.32. The normalized spacial score (nSPS) is 12.9. The van der Waals surface area contributed by atoms with Crippen molar-refractivity contribution in [1.29, 1.82) is 0 Å². The molecule has 6 heteroatoms. The van der Waals surface area contributed by atoms with Crippen LogP contribution in [0.4, 0.5) is 0 Å². The van der Waals surface area contributed by atoms with E-state index in [0.29, 0.717) is 5.69 Å². The van der Waals surface area contributed by atoms with E-state index in [0.717, 1.165) is 18.5 Å². The first kappa shape index (κ1) is 9.85. The Morgan fingerprint density at radius 2 is 2.40 bits per heavy atom. The number of hydrogen-bond acceptors (Lipinski definition) is 4. The predicted octanol–water partition coefficient (Wildman–Crippen LogP) is 0.493. The average Bonchev–Trinajstić information content (AvgIpc) is 2.87. The summed E-state index contributed by atoms with van der Waals surface area (Å²) in [6.07, 6.45) is 5.06. The molecule has 0 radical (unpaired) electrons. The molecule has 1 unspecified atom stereocenters. The summed E-state index contributed by atoms with van der Waals surface area (Å²) in [6.45, 7) is 2.81. The monoisotopic (exact) mass is 207 g/mol. The van der Waals surface area contributed by atoms with Crippen LogP contribution in [0.15, 0.2) is 18.6 Å². The maximum Gasteiger partial charge on any atom is 0.125 e. The Kier molecular flexibility index (Phi) is 2.77. The van der Waals surface area contributed by atoms with Crippen LogP contribution in [0, 0.1) is 0 Å². The van der Waals surface area contributed by atoms with E-state index in [2.05, 4.69) is 27.4 Å². The fourth-order valence-electron chi connectivity index (χ4n) is 1.44. The van der Waals surface area contributed by atoms with Gasteiger partial charge in [0.1, 0.15) is 6.10 Å². The average molecular weight is 207 g/mol. The van der Waals surface area contributed by atoms with Crippen molar-refractivity contribution in [2.45, 2.75) is 26.0 Å². The van der Waals surface area contributed by atoms with E-state index in [4.69, 9.17) is 0 Å². The van der Waals surface area contributed by atoms with Crippen LogP contribution in [-0.2, 0) is 6.54 Å². The molecule has 6 nitrogen and oxygen atoms in total. The Morgan fingerprint density at radius 1 is 1.53 bits per heavy atom. The maximum atomic E-state index is 10.0. The first-order valence-electron chi connectivity index (χ1n) is 4.88. The molecule has 2 N–H and O–H groups in total. The molecule has 80 valence electrons. The number of aliphatic hydroxyl groups is 1. The zero-order valence-electron chi connectivity index (χ0n) is 8.46. The highest BCUT2D eigenvalue weighted by Crippen LogP contribution is 2.19. The van der Waals surface area contributed by atoms with E-state index in [1.807, 2.05) is 0 Å². The lowest BCUT2D eigenvalue weighted by atomic mass is 10.1. The summed E-state index contributed by atoms with van der Waals surface area (Å²) in [5.41, 5.74) is 1.41. The molecule has 0 saturated carbocycles. The molecule has 2 rings (SSSR count). The van der Waals surface area contributed by atoms with Crippen LogP contribution in [0.5, 0.6) is 0 Å². The second-order valence-corrected chi connectivity index (χ2v) is 3.32. The molecular formula is C9H13N5O. The van der Waals surface area contributed by atoms with Gasteiger partial charge in [-0.1, -0.05) is 12.1 Å². The lowest BCUT2D eigenvalue weighted by Gasteiger charge is -2.09. The van der Waals surface area contributed by atoms with Gasteiger partial charge in [0.05, 0.1) is 18.1 Å². The van der Waals surface area contributed by atoms with Crippen molar-refractivity contribution in [1.82, 2.24) is 25.2 Å². The van der Waals surface area contributed by atoms with Crippen molar-refractivity contribution >= 4 is 0 Å². The first-order valence-corrected chi connectivity index (χ1v) is 4.88. The van der Waals surface area contributed by atoms with Crippen LogP contribution in [0.1, 0.15) is 30.7 Å². The second kappa shape index (κ2) is 4.22. The van der Waals surface area contributed by atoms with Crippen molar-refractivity contribution in [3.05, 3.63) is 29.8 Å². The van der Waals surface area contributed by atoms with Crippen LogP contribution >= 0.6 is 0 Å². The van der Waals surface area contributed by atoms with Crippen LogP contribution in [-0.4, -0.2) is 30.3 Å². The van der Waals surface area contributed by atoms with Gasteiger partial charge in [0.25, 0.3) is 0 Å². The summed E-state index contributed by atoms with van der Waals surface area (Å²) in [7, 11) is 0. The van der Waals surface area contributed by atoms with E-state index >= 15 is 0 Å². The zero-order chi connectivity index (χ0) is 10.7. The molecule has 0 amide bonds. The molecule has 0 saturated heterocycles. The van der Waals surface area contributed by atoms with Gasteiger partial charge in [-0.05, 0) is 6.42 Å². The van der Waals surface area contributed by atoms with E-state index in [1.165, 1.54) is 0 Å². The molecule has 0 aromatic carbocycles. The molecule has 2 aromatic heterocycles.